The highest BCUT2D eigenvalue weighted by atomic mass is 19.4. The Bertz CT molecular complexity index is 1100. The number of nitrogens with zero attached hydrogens (tertiary/aromatic N) is 4. The highest BCUT2D eigenvalue weighted by Crippen LogP contribution is 2.39. The van der Waals surface area contributed by atoms with E-state index in [9.17, 15) is 26.7 Å². The van der Waals surface area contributed by atoms with Crippen molar-refractivity contribution >= 4 is 23.2 Å². The van der Waals surface area contributed by atoms with Crippen molar-refractivity contribution in [1.82, 2.24) is 14.9 Å². The number of rotatable bonds is 4. The van der Waals surface area contributed by atoms with Crippen molar-refractivity contribution in [2.45, 2.75) is 38.0 Å². The Morgan fingerprint density at radius 3 is 2.63 bits per heavy atom. The molecule has 2 aliphatic rings. The maximum absolute atomic E-state index is 14.6. The highest BCUT2D eigenvalue weighted by Gasteiger charge is 2.51. The average Bonchev–Trinajstić information content (AvgIpc) is 2.95. The van der Waals surface area contributed by atoms with Gasteiger partial charge < -0.3 is 20.9 Å². The van der Waals surface area contributed by atoms with Crippen molar-refractivity contribution in [2.75, 3.05) is 35.6 Å². The first-order valence-electron chi connectivity index (χ1n) is 11.1. The number of nitrogens with two attached hydrogens (primary N) is 1. The second kappa shape index (κ2) is 9.67. The first-order valence-corrected chi connectivity index (χ1v) is 11.1. The molecule has 1 aromatic carbocycles. The molecule has 7 nitrogen and oxygen atoms in total. The van der Waals surface area contributed by atoms with Crippen LogP contribution in [0.2, 0.25) is 0 Å². The number of carbonyl (C=O) groups is 1. The maximum Gasteiger partial charge on any atom is 0.393 e. The first kappa shape index (κ1) is 24.7. The normalized spacial score (nSPS) is 23.4. The van der Waals surface area contributed by atoms with Gasteiger partial charge in [0.15, 0.2) is 11.6 Å². The minimum atomic E-state index is -4.57. The summed E-state index contributed by atoms with van der Waals surface area (Å²) in [5.74, 6) is -4.39. The predicted octanol–water partition coefficient (Wildman–Crippen LogP) is 3.67. The van der Waals surface area contributed by atoms with Gasteiger partial charge >= 0.3 is 6.18 Å². The van der Waals surface area contributed by atoms with Gasteiger partial charge in [0, 0.05) is 25.3 Å². The molecule has 1 fully saturated rings. The fraction of sp³-hybridized carbons (Fsp3) is 0.435. The minimum absolute atomic E-state index is 0.0430. The second-order valence-electron chi connectivity index (χ2n) is 8.76. The Morgan fingerprint density at radius 2 is 1.91 bits per heavy atom. The number of aromatic nitrogens is 2. The summed E-state index contributed by atoms with van der Waals surface area (Å²) in [7, 11) is 0. The van der Waals surface area contributed by atoms with E-state index in [0.29, 0.717) is 11.3 Å². The molecule has 0 saturated carbocycles. The summed E-state index contributed by atoms with van der Waals surface area (Å²) in [6, 6.07) is 2.01. The van der Waals surface area contributed by atoms with Crippen LogP contribution in [0.5, 0.6) is 0 Å². The number of aryl methyl sites for hydroxylation is 1. The van der Waals surface area contributed by atoms with Gasteiger partial charge in [0.25, 0.3) is 0 Å². The first-order chi connectivity index (χ1) is 16.5. The van der Waals surface area contributed by atoms with Crippen LogP contribution in [0.4, 0.5) is 39.3 Å². The van der Waals surface area contributed by atoms with Crippen molar-refractivity contribution in [3.05, 3.63) is 53.9 Å². The summed E-state index contributed by atoms with van der Waals surface area (Å²) < 4.78 is 70.5. The molecule has 2 aromatic rings. The van der Waals surface area contributed by atoms with Crippen LogP contribution < -0.4 is 16.0 Å². The van der Waals surface area contributed by atoms with Crippen molar-refractivity contribution in [3.8, 4) is 0 Å². The Hall–Kier alpha value is -3.44. The number of amides is 1. The van der Waals surface area contributed by atoms with Gasteiger partial charge in [0.05, 0.1) is 12.0 Å². The van der Waals surface area contributed by atoms with Crippen LogP contribution in [0.25, 0.3) is 0 Å². The number of nitrogens with one attached hydrogen (secondary N) is 1. The largest absolute Gasteiger partial charge is 0.393 e. The van der Waals surface area contributed by atoms with Gasteiger partial charge in [-0.15, -0.1) is 0 Å². The second-order valence-corrected chi connectivity index (χ2v) is 8.76. The van der Waals surface area contributed by atoms with Crippen LogP contribution in [0.1, 0.15) is 18.4 Å². The zero-order valence-electron chi connectivity index (χ0n) is 18.9. The zero-order valence-corrected chi connectivity index (χ0v) is 18.9. The molecule has 3 N–H and O–H groups in total. The summed E-state index contributed by atoms with van der Waals surface area (Å²) in [5, 5.41) is 2.96. The molecular formula is C23H25F5N6O. The van der Waals surface area contributed by atoms with Gasteiger partial charge in [-0.1, -0.05) is 12.2 Å². The van der Waals surface area contributed by atoms with Gasteiger partial charge in [-0.2, -0.15) is 17.6 Å². The van der Waals surface area contributed by atoms with Gasteiger partial charge in [0.1, 0.15) is 18.2 Å². The van der Waals surface area contributed by atoms with Crippen LogP contribution >= 0.6 is 0 Å². The van der Waals surface area contributed by atoms with Gasteiger partial charge in [-0.05, 0) is 43.5 Å². The van der Waals surface area contributed by atoms with E-state index in [1.807, 2.05) is 0 Å². The van der Waals surface area contributed by atoms with Crippen LogP contribution in [0.3, 0.4) is 0 Å². The number of carbonyl (C=O) groups excluding carboxylic acids is 1. The number of alkyl halides is 3. The standard InChI is InChI=1S/C23H25F5N6O/c1-13-8-14(24)10-15(9-13)32-17-4-2-3-6-34(22(17)35)18-11-33(7-5-16(18)23(26,27)28)21-19(25)20(29)30-12-31-21/h2-3,8-10,12,16-18,32H,4-7,11H2,1H3,(H2,29,30,31). The summed E-state index contributed by atoms with van der Waals surface area (Å²) in [6.07, 6.45) is -0.332. The molecular weight excluding hydrogens is 471 g/mol. The van der Waals surface area contributed by atoms with Gasteiger partial charge in [0.2, 0.25) is 11.7 Å². The molecule has 1 amide bonds. The third-order valence-electron chi connectivity index (χ3n) is 6.31. The lowest BCUT2D eigenvalue weighted by molar-refractivity contribution is -0.196. The molecule has 1 saturated heterocycles. The van der Waals surface area contributed by atoms with E-state index in [4.69, 9.17) is 5.73 Å². The molecule has 12 heteroatoms. The van der Waals surface area contributed by atoms with E-state index in [1.54, 1.807) is 25.1 Å². The number of halogens is 5. The molecule has 0 aliphatic carbocycles. The minimum Gasteiger partial charge on any atom is -0.381 e. The molecule has 1 aromatic heterocycles. The monoisotopic (exact) mass is 496 g/mol. The van der Waals surface area contributed by atoms with Gasteiger partial charge in [-0.3, -0.25) is 4.79 Å². The molecule has 0 spiro atoms. The Kier molecular flexibility index (Phi) is 6.82. The summed E-state index contributed by atoms with van der Waals surface area (Å²) >= 11 is 0. The lowest BCUT2D eigenvalue weighted by atomic mass is 9.89. The fourth-order valence-electron chi connectivity index (χ4n) is 4.67. The topological polar surface area (TPSA) is 87.4 Å². The van der Waals surface area contributed by atoms with E-state index < -0.39 is 47.5 Å². The number of nitrogen functional groups attached to an aromatic ring is 1. The molecule has 3 unspecified atom stereocenters. The number of piperidine rings is 1. The number of anilines is 3. The molecule has 0 radical (unpaired) electrons. The van der Waals surface area contributed by atoms with Crippen molar-refractivity contribution in [3.63, 3.8) is 0 Å². The molecule has 3 atom stereocenters. The van der Waals surface area contributed by atoms with E-state index in [0.717, 1.165) is 6.33 Å². The maximum atomic E-state index is 14.6. The summed E-state index contributed by atoms with van der Waals surface area (Å²) in [5.41, 5.74) is 6.50. The van der Waals surface area contributed by atoms with Crippen molar-refractivity contribution in [2.24, 2.45) is 5.92 Å². The molecule has 0 bridgehead atoms. The zero-order chi connectivity index (χ0) is 25.3. The van der Waals surface area contributed by atoms with Crippen molar-refractivity contribution < 1.29 is 26.7 Å². The Labute approximate surface area is 198 Å². The lowest BCUT2D eigenvalue weighted by Crippen LogP contribution is -2.60. The third-order valence-corrected chi connectivity index (χ3v) is 6.31. The summed E-state index contributed by atoms with van der Waals surface area (Å²) in [4.78, 5) is 23.4. The van der Waals surface area contributed by atoms with Crippen LogP contribution in [0, 0.1) is 24.5 Å². The van der Waals surface area contributed by atoms with E-state index in [-0.39, 0.29) is 38.3 Å². The van der Waals surface area contributed by atoms with Crippen molar-refractivity contribution in [1.29, 1.82) is 0 Å². The summed E-state index contributed by atoms with van der Waals surface area (Å²) in [6.45, 7) is 1.25. The number of hydrogen-bond acceptors (Lipinski definition) is 6. The number of hydrogen-bond donors (Lipinski definition) is 2. The molecule has 3 heterocycles. The smallest absolute Gasteiger partial charge is 0.381 e. The average molecular weight is 496 g/mol. The molecule has 2 aliphatic heterocycles. The highest BCUT2D eigenvalue weighted by molar-refractivity contribution is 5.86. The van der Waals surface area contributed by atoms with Gasteiger partial charge in [-0.25, -0.2) is 14.4 Å². The van der Waals surface area contributed by atoms with E-state index in [2.05, 4.69) is 15.3 Å². The molecule has 4 rings (SSSR count). The molecule has 188 valence electrons. The van der Waals surface area contributed by atoms with E-state index in [1.165, 1.54) is 21.9 Å². The van der Waals surface area contributed by atoms with E-state index >= 15 is 0 Å². The van der Waals surface area contributed by atoms with Crippen LogP contribution in [0.15, 0.2) is 36.7 Å². The quantitative estimate of drug-likeness (QED) is 0.496. The molecule has 35 heavy (non-hydrogen) atoms. The fourth-order valence-corrected chi connectivity index (χ4v) is 4.67. The number of benzene rings is 1. The third kappa shape index (κ3) is 5.30. The predicted molar refractivity (Wildman–Crippen MR) is 121 cm³/mol. The SMILES string of the molecule is Cc1cc(F)cc(NC2CC=CCN(C3CN(c4ncnc(N)c4F)CCC3C(F)(F)F)C2=O)c1. The van der Waals surface area contributed by atoms with Crippen LogP contribution in [-0.4, -0.2) is 58.7 Å². The lowest BCUT2D eigenvalue weighted by Gasteiger charge is -2.45. The Balaban J connectivity index is 1.63. The van der Waals surface area contributed by atoms with Crippen LogP contribution in [-0.2, 0) is 4.79 Å². The Morgan fingerprint density at radius 1 is 1.14 bits per heavy atom.